The summed E-state index contributed by atoms with van der Waals surface area (Å²) in [5, 5.41) is 12.0. The first-order chi connectivity index (χ1) is 10.2. The van der Waals surface area contributed by atoms with E-state index in [1.54, 1.807) is 0 Å². The van der Waals surface area contributed by atoms with E-state index in [0.717, 1.165) is 30.6 Å². The van der Waals surface area contributed by atoms with Crippen LogP contribution in [0.2, 0.25) is 0 Å². The zero-order valence-electron chi connectivity index (χ0n) is 12.5. The predicted octanol–water partition coefficient (Wildman–Crippen LogP) is 1.79. The van der Waals surface area contributed by atoms with Crippen molar-refractivity contribution in [2.45, 2.75) is 32.6 Å². The van der Waals surface area contributed by atoms with E-state index >= 15 is 0 Å². The predicted molar refractivity (Wildman–Crippen MR) is 82.0 cm³/mol. The third-order valence-corrected chi connectivity index (χ3v) is 3.58. The molecule has 0 aromatic carbocycles. The molecule has 5 heteroatoms. The Morgan fingerprint density at radius 1 is 1.43 bits per heavy atom. The molecule has 0 saturated heterocycles. The molecule has 1 atom stereocenters. The van der Waals surface area contributed by atoms with Crippen LogP contribution in [-0.2, 0) is 11.2 Å². The number of nitrogens with zero attached hydrogens (tertiary/aromatic N) is 2. The van der Waals surface area contributed by atoms with Crippen LogP contribution in [0.1, 0.15) is 31.9 Å². The number of fused-ring (bicyclic) bond motifs is 1. The summed E-state index contributed by atoms with van der Waals surface area (Å²) in [6, 6.07) is 5.78. The van der Waals surface area contributed by atoms with Crippen LogP contribution >= 0.6 is 0 Å². The molecular weight excluding hydrogens is 266 g/mol. The molecule has 0 aliphatic heterocycles. The van der Waals surface area contributed by atoms with Crippen LogP contribution in [0, 0.1) is 5.92 Å². The Kier molecular flexibility index (Phi) is 5.75. The molecule has 0 aliphatic rings. The molecule has 0 fully saturated rings. The van der Waals surface area contributed by atoms with Crippen molar-refractivity contribution in [3.8, 4) is 0 Å². The molecule has 2 rings (SSSR count). The highest BCUT2D eigenvalue weighted by Crippen LogP contribution is 2.10. The third kappa shape index (κ3) is 4.56. The van der Waals surface area contributed by atoms with E-state index in [1.165, 1.54) is 0 Å². The van der Waals surface area contributed by atoms with Gasteiger partial charge in [-0.15, -0.1) is 0 Å². The van der Waals surface area contributed by atoms with Gasteiger partial charge in [-0.05, 0) is 30.9 Å². The number of carbonyl (C=O) groups is 1. The standard InChI is InChI=1S/C16H23N3O2/c1-2-5-13(7-9-20)11-17-16(21)10-14-12-19-8-4-3-6-15(19)18-14/h3-4,6,8,12-13,20H,2,5,7,9-11H2,1H3,(H,17,21). The Morgan fingerprint density at radius 2 is 2.29 bits per heavy atom. The molecule has 0 bridgehead atoms. The highest BCUT2D eigenvalue weighted by atomic mass is 16.3. The lowest BCUT2D eigenvalue weighted by atomic mass is 10.0. The number of amides is 1. The second-order valence-corrected chi connectivity index (χ2v) is 5.35. The van der Waals surface area contributed by atoms with E-state index in [2.05, 4.69) is 17.2 Å². The van der Waals surface area contributed by atoms with Gasteiger partial charge in [-0.1, -0.05) is 19.4 Å². The van der Waals surface area contributed by atoms with Crippen LogP contribution in [0.15, 0.2) is 30.6 Å². The molecule has 114 valence electrons. The van der Waals surface area contributed by atoms with Gasteiger partial charge < -0.3 is 14.8 Å². The molecule has 0 spiro atoms. The quantitative estimate of drug-likeness (QED) is 0.778. The molecule has 0 saturated carbocycles. The van der Waals surface area contributed by atoms with Crippen LogP contribution in [0.4, 0.5) is 0 Å². The number of aromatic nitrogens is 2. The Hall–Kier alpha value is -1.88. The maximum atomic E-state index is 12.0. The lowest BCUT2D eigenvalue weighted by molar-refractivity contribution is -0.120. The van der Waals surface area contributed by atoms with Gasteiger partial charge in [-0.2, -0.15) is 0 Å². The van der Waals surface area contributed by atoms with Gasteiger partial charge in [0, 0.05) is 25.5 Å². The Labute approximate surface area is 125 Å². The Balaban J connectivity index is 1.86. The largest absolute Gasteiger partial charge is 0.396 e. The number of imidazole rings is 1. The first kappa shape index (κ1) is 15.5. The summed E-state index contributed by atoms with van der Waals surface area (Å²) in [6.45, 7) is 2.91. The van der Waals surface area contributed by atoms with Crippen molar-refractivity contribution in [2.24, 2.45) is 5.92 Å². The molecular formula is C16H23N3O2. The lowest BCUT2D eigenvalue weighted by Crippen LogP contribution is -2.31. The maximum Gasteiger partial charge on any atom is 0.226 e. The van der Waals surface area contributed by atoms with E-state index in [-0.39, 0.29) is 12.5 Å². The van der Waals surface area contributed by atoms with Gasteiger partial charge in [0.1, 0.15) is 5.65 Å². The molecule has 1 amide bonds. The Morgan fingerprint density at radius 3 is 3.00 bits per heavy atom. The van der Waals surface area contributed by atoms with Gasteiger partial charge in [0.05, 0.1) is 12.1 Å². The van der Waals surface area contributed by atoms with Crippen LogP contribution < -0.4 is 5.32 Å². The molecule has 2 aromatic heterocycles. The number of hydrogen-bond acceptors (Lipinski definition) is 3. The number of hydrogen-bond donors (Lipinski definition) is 2. The molecule has 2 N–H and O–H groups in total. The first-order valence-corrected chi connectivity index (χ1v) is 7.53. The van der Waals surface area contributed by atoms with Gasteiger partial charge in [-0.25, -0.2) is 4.98 Å². The number of pyridine rings is 1. The average molecular weight is 289 g/mol. The van der Waals surface area contributed by atoms with Gasteiger partial charge in [0.2, 0.25) is 5.91 Å². The fourth-order valence-corrected chi connectivity index (χ4v) is 2.50. The summed E-state index contributed by atoms with van der Waals surface area (Å²) in [6.07, 6.45) is 6.92. The topological polar surface area (TPSA) is 66.6 Å². The summed E-state index contributed by atoms with van der Waals surface area (Å²) >= 11 is 0. The number of nitrogens with one attached hydrogen (secondary N) is 1. The van der Waals surface area contributed by atoms with Crippen molar-refractivity contribution in [1.29, 1.82) is 0 Å². The fourth-order valence-electron chi connectivity index (χ4n) is 2.50. The zero-order valence-corrected chi connectivity index (χ0v) is 12.5. The average Bonchev–Trinajstić information content (AvgIpc) is 2.87. The van der Waals surface area contributed by atoms with Crippen molar-refractivity contribution < 1.29 is 9.90 Å². The zero-order chi connectivity index (χ0) is 15.1. The van der Waals surface area contributed by atoms with Gasteiger partial charge >= 0.3 is 0 Å². The van der Waals surface area contributed by atoms with Crippen molar-refractivity contribution in [2.75, 3.05) is 13.2 Å². The summed E-state index contributed by atoms with van der Waals surface area (Å²) in [5.74, 6) is 0.336. The highest BCUT2D eigenvalue weighted by Gasteiger charge is 2.11. The molecule has 1 unspecified atom stereocenters. The number of rotatable bonds is 8. The number of aliphatic hydroxyl groups excluding tert-OH is 1. The summed E-state index contributed by atoms with van der Waals surface area (Å²) in [7, 11) is 0. The minimum absolute atomic E-state index is 0.0163. The maximum absolute atomic E-state index is 12.0. The minimum Gasteiger partial charge on any atom is -0.396 e. The highest BCUT2D eigenvalue weighted by molar-refractivity contribution is 5.78. The smallest absolute Gasteiger partial charge is 0.226 e. The van der Waals surface area contributed by atoms with E-state index in [0.29, 0.717) is 18.9 Å². The lowest BCUT2D eigenvalue weighted by Gasteiger charge is -2.15. The second kappa shape index (κ2) is 7.78. The summed E-state index contributed by atoms with van der Waals surface area (Å²) in [4.78, 5) is 16.4. The van der Waals surface area contributed by atoms with Gasteiger partial charge in [0.25, 0.3) is 0 Å². The molecule has 5 nitrogen and oxygen atoms in total. The molecule has 0 aliphatic carbocycles. The monoisotopic (exact) mass is 289 g/mol. The van der Waals surface area contributed by atoms with Crippen molar-refractivity contribution in [3.05, 3.63) is 36.3 Å². The van der Waals surface area contributed by atoms with E-state index in [4.69, 9.17) is 5.11 Å². The van der Waals surface area contributed by atoms with E-state index < -0.39 is 0 Å². The van der Waals surface area contributed by atoms with E-state index in [9.17, 15) is 4.79 Å². The Bertz CT molecular complexity index is 541. The van der Waals surface area contributed by atoms with Gasteiger partial charge in [0.15, 0.2) is 0 Å². The fraction of sp³-hybridized carbons (Fsp3) is 0.500. The third-order valence-electron chi connectivity index (χ3n) is 3.58. The minimum atomic E-state index is -0.0163. The number of carbonyl (C=O) groups excluding carboxylic acids is 1. The number of aliphatic hydroxyl groups is 1. The van der Waals surface area contributed by atoms with Crippen LogP contribution in [0.3, 0.4) is 0 Å². The van der Waals surface area contributed by atoms with Crippen LogP contribution in [0.25, 0.3) is 5.65 Å². The molecule has 2 heterocycles. The first-order valence-electron chi connectivity index (χ1n) is 7.53. The summed E-state index contributed by atoms with van der Waals surface area (Å²) < 4.78 is 1.91. The summed E-state index contributed by atoms with van der Waals surface area (Å²) in [5.41, 5.74) is 1.62. The van der Waals surface area contributed by atoms with Gasteiger partial charge in [-0.3, -0.25) is 4.79 Å². The SMILES string of the molecule is CCCC(CCO)CNC(=O)Cc1cn2ccccc2n1. The molecule has 0 radical (unpaired) electrons. The van der Waals surface area contributed by atoms with Crippen LogP contribution in [-0.4, -0.2) is 33.6 Å². The van der Waals surface area contributed by atoms with Crippen molar-refractivity contribution >= 4 is 11.6 Å². The normalized spacial score (nSPS) is 12.5. The second-order valence-electron chi connectivity index (χ2n) is 5.35. The molecule has 2 aromatic rings. The van der Waals surface area contributed by atoms with Crippen molar-refractivity contribution in [1.82, 2.24) is 14.7 Å². The van der Waals surface area contributed by atoms with Crippen LogP contribution in [0.5, 0.6) is 0 Å². The molecule has 21 heavy (non-hydrogen) atoms. The van der Waals surface area contributed by atoms with Crippen molar-refractivity contribution in [3.63, 3.8) is 0 Å². The van der Waals surface area contributed by atoms with E-state index in [1.807, 2.05) is 35.0 Å².